The Morgan fingerprint density at radius 2 is 1.83 bits per heavy atom. The maximum absolute atomic E-state index is 13.7. The zero-order chi connectivity index (χ0) is 17.5. The first-order valence-corrected chi connectivity index (χ1v) is 7.81. The van der Waals surface area contributed by atoms with E-state index in [9.17, 15) is 19.3 Å². The number of nitro benzene ring substituents is 1. The molecule has 0 saturated carbocycles. The van der Waals surface area contributed by atoms with E-state index in [2.05, 4.69) is 12.2 Å². The Kier molecular flexibility index (Phi) is 6.01. The highest BCUT2D eigenvalue weighted by molar-refractivity contribution is 5.92. The lowest BCUT2D eigenvalue weighted by atomic mass is 10.0. The van der Waals surface area contributed by atoms with E-state index >= 15 is 0 Å². The number of nitrogens with zero attached hydrogens (tertiary/aromatic N) is 1. The molecule has 0 radical (unpaired) electrons. The number of carbonyl (C=O) groups excluding carboxylic acids is 1. The van der Waals surface area contributed by atoms with Crippen LogP contribution in [-0.2, 0) is 17.6 Å². The van der Waals surface area contributed by atoms with Crippen LogP contribution in [0, 0.1) is 15.9 Å². The largest absolute Gasteiger partial charge is 0.323 e. The summed E-state index contributed by atoms with van der Waals surface area (Å²) in [6, 6.07) is 10.7. The zero-order valence-corrected chi connectivity index (χ0v) is 13.4. The van der Waals surface area contributed by atoms with Crippen molar-refractivity contribution in [3.8, 4) is 0 Å². The van der Waals surface area contributed by atoms with Gasteiger partial charge in [-0.3, -0.25) is 14.9 Å². The number of hydrogen-bond donors (Lipinski definition) is 1. The Morgan fingerprint density at radius 1 is 1.17 bits per heavy atom. The van der Waals surface area contributed by atoms with E-state index in [0.29, 0.717) is 0 Å². The fourth-order valence-corrected chi connectivity index (χ4v) is 2.31. The number of anilines is 1. The van der Waals surface area contributed by atoms with Gasteiger partial charge in [-0.2, -0.15) is 0 Å². The van der Waals surface area contributed by atoms with Gasteiger partial charge in [0.15, 0.2) is 0 Å². The SMILES string of the molecule is CCCCc1ccc(CC(=O)Nc2cc([N+](=O)[O-])ccc2F)cc1. The zero-order valence-electron chi connectivity index (χ0n) is 13.4. The first kappa shape index (κ1) is 17.6. The van der Waals surface area contributed by atoms with Gasteiger partial charge in [0, 0.05) is 12.1 Å². The minimum Gasteiger partial charge on any atom is -0.323 e. The molecule has 126 valence electrons. The average Bonchev–Trinajstić information content (AvgIpc) is 2.56. The number of nitro groups is 1. The van der Waals surface area contributed by atoms with E-state index in [1.165, 1.54) is 5.56 Å². The Labute approximate surface area is 139 Å². The van der Waals surface area contributed by atoms with Crippen molar-refractivity contribution in [3.05, 3.63) is 69.5 Å². The molecule has 2 aromatic rings. The maximum Gasteiger partial charge on any atom is 0.271 e. The molecule has 6 heteroatoms. The Hall–Kier alpha value is -2.76. The number of carbonyl (C=O) groups is 1. The number of benzene rings is 2. The number of halogens is 1. The molecule has 0 saturated heterocycles. The van der Waals surface area contributed by atoms with Gasteiger partial charge >= 0.3 is 0 Å². The van der Waals surface area contributed by atoms with Crippen LogP contribution in [0.15, 0.2) is 42.5 Å². The highest BCUT2D eigenvalue weighted by Crippen LogP contribution is 2.21. The monoisotopic (exact) mass is 330 g/mol. The van der Waals surface area contributed by atoms with Crippen LogP contribution in [0.3, 0.4) is 0 Å². The summed E-state index contributed by atoms with van der Waals surface area (Å²) in [4.78, 5) is 22.1. The topological polar surface area (TPSA) is 72.2 Å². The van der Waals surface area contributed by atoms with E-state index < -0.39 is 16.6 Å². The predicted molar refractivity (Wildman–Crippen MR) is 90.4 cm³/mol. The van der Waals surface area contributed by atoms with Gasteiger partial charge in [-0.05, 0) is 30.0 Å². The normalized spacial score (nSPS) is 10.4. The van der Waals surface area contributed by atoms with E-state index in [0.717, 1.165) is 43.0 Å². The van der Waals surface area contributed by atoms with Gasteiger partial charge in [-0.25, -0.2) is 4.39 Å². The lowest BCUT2D eigenvalue weighted by molar-refractivity contribution is -0.384. The van der Waals surface area contributed by atoms with Crippen LogP contribution in [0.5, 0.6) is 0 Å². The molecule has 0 atom stereocenters. The summed E-state index contributed by atoms with van der Waals surface area (Å²) in [5, 5.41) is 13.1. The summed E-state index contributed by atoms with van der Waals surface area (Å²) < 4.78 is 13.7. The fourth-order valence-electron chi connectivity index (χ4n) is 2.31. The van der Waals surface area contributed by atoms with E-state index in [4.69, 9.17) is 0 Å². The first-order valence-electron chi connectivity index (χ1n) is 7.81. The van der Waals surface area contributed by atoms with Crippen LogP contribution in [0.4, 0.5) is 15.8 Å². The highest BCUT2D eigenvalue weighted by atomic mass is 19.1. The molecule has 2 aromatic carbocycles. The Balaban J connectivity index is 2.00. The van der Waals surface area contributed by atoms with Gasteiger partial charge in [-0.1, -0.05) is 37.6 Å². The molecule has 0 fully saturated rings. The first-order chi connectivity index (χ1) is 11.5. The van der Waals surface area contributed by atoms with Gasteiger partial charge in [0.05, 0.1) is 17.0 Å². The number of amides is 1. The molecular weight excluding hydrogens is 311 g/mol. The van der Waals surface area contributed by atoms with Crippen LogP contribution in [-0.4, -0.2) is 10.8 Å². The third-order valence-corrected chi connectivity index (χ3v) is 3.64. The maximum atomic E-state index is 13.7. The molecule has 0 aromatic heterocycles. The van der Waals surface area contributed by atoms with Crippen LogP contribution >= 0.6 is 0 Å². The number of nitrogens with one attached hydrogen (secondary N) is 1. The number of hydrogen-bond acceptors (Lipinski definition) is 3. The molecule has 0 aliphatic heterocycles. The molecule has 0 unspecified atom stereocenters. The summed E-state index contributed by atoms with van der Waals surface area (Å²) in [5.41, 5.74) is 1.56. The lowest BCUT2D eigenvalue weighted by Crippen LogP contribution is -2.15. The standard InChI is InChI=1S/C18H19FN2O3/c1-2-3-4-13-5-7-14(8-6-13)11-18(22)20-17-12-15(21(23)24)9-10-16(17)19/h5-10,12H,2-4,11H2,1H3,(H,20,22). The number of non-ortho nitro benzene ring substituents is 1. The van der Waals surface area contributed by atoms with Crippen LogP contribution in [0.1, 0.15) is 30.9 Å². The van der Waals surface area contributed by atoms with Crippen LogP contribution < -0.4 is 5.32 Å². The third-order valence-electron chi connectivity index (χ3n) is 3.64. The summed E-state index contributed by atoms with van der Waals surface area (Å²) in [6.07, 6.45) is 3.32. The molecule has 0 heterocycles. The van der Waals surface area contributed by atoms with Gasteiger partial charge < -0.3 is 5.32 Å². The second-order valence-corrected chi connectivity index (χ2v) is 5.57. The van der Waals surface area contributed by atoms with Crippen LogP contribution in [0.2, 0.25) is 0 Å². The minimum atomic E-state index is -0.705. The molecule has 2 rings (SSSR count). The lowest BCUT2D eigenvalue weighted by Gasteiger charge is -2.07. The fraction of sp³-hybridized carbons (Fsp3) is 0.278. The quantitative estimate of drug-likeness (QED) is 0.609. The smallest absolute Gasteiger partial charge is 0.271 e. The van der Waals surface area contributed by atoms with Crippen molar-refractivity contribution in [2.45, 2.75) is 32.6 Å². The average molecular weight is 330 g/mol. The predicted octanol–water partition coefficient (Wildman–Crippen LogP) is 4.26. The highest BCUT2D eigenvalue weighted by Gasteiger charge is 2.13. The van der Waals surface area contributed by atoms with Crippen molar-refractivity contribution in [1.29, 1.82) is 0 Å². The van der Waals surface area contributed by atoms with Gasteiger partial charge in [0.2, 0.25) is 5.91 Å². The summed E-state index contributed by atoms with van der Waals surface area (Å²) >= 11 is 0. The van der Waals surface area contributed by atoms with Gasteiger partial charge in [0.25, 0.3) is 5.69 Å². The number of unbranched alkanes of at least 4 members (excludes halogenated alkanes) is 1. The molecule has 1 N–H and O–H groups in total. The number of rotatable bonds is 7. The van der Waals surface area contributed by atoms with Crippen molar-refractivity contribution in [2.75, 3.05) is 5.32 Å². The van der Waals surface area contributed by atoms with Gasteiger partial charge in [-0.15, -0.1) is 0 Å². The summed E-state index contributed by atoms with van der Waals surface area (Å²) in [5.74, 6) is -1.13. The van der Waals surface area contributed by atoms with E-state index in [-0.39, 0.29) is 17.8 Å². The summed E-state index contributed by atoms with van der Waals surface area (Å²) in [7, 11) is 0. The summed E-state index contributed by atoms with van der Waals surface area (Å²) in [6.45, 7) is 2.13. The second kappa shape index (κ2) is 8.19. The van der Waals surface area contributed by atoms with Crippen molar-refractivity contribution < 1.29 is 14.1 Å². The molecule has 1 amide bonds. The van der Waals surface area contributed by atoms with Crippen molar-refractivity contribution >= 4 is 17.3 Å². The van der Waals surface area contributed by atoms with Crippen molar-refractivity contribution in [3.63, 3.8) is 0 Å². The molecular formula is C18H19FN2O3. The number of aryl methyl sites for hydroxylation is 1. The molecule has 5 nitrogen and oxygen atoms in total. The molecule has 0 bridgehead atoms. The Bertz CT molecular complexity index is 730. The van der Waals surface area contributed by atoms with Crippen molar-refractivity contribution in [2.24, 2.45) is 0 Å². The van der Waals surface area contributed by atoms with Crippen LogP contribution in [0.25, 0.3) is 0 Å². The van der Waals surface area contributed by atoms with Gasteiger partial charge in [0.1, 0.15) is 5.82 Å². The third kappa shape index (κ3) is 4.87. The molecule has 24 heavy (non-hydrogen) atoms. The van der Waals surface area contributed by atoms with E-state index in [1.807, 2.05) is 24.3 Å². The minimum absolute atomic E-state index is 0.0796. The van der Waals surface area contributed by atoms with E-state index in [1.54, 1.807) is 0 Å². The van der Waals surface area contributed by atoms with Crippen molar-refractivity contribution in [1.82, 2.24) is 0 Å². The molecule has 0 spiro atoms. The Morgan fingerprint density at radius 3 is 2.46 bits per heavy atom. The second-order valence-electron chi connectivity index (χ2n) is 5.57. The molecule has 0 aliphatic rings. The molecule has 0 aliphatic carbocycles.